The Balaban J connectivity index is 1.95. The molecule has 18 heavy (non-hydrogen) atoms. The molecule has 4 heteroatoms. The van der Waals surface area contributed by atoms with Crippen molar-refractivity contribution in [2.75, 3.05) is 6.61 Å². The van der Waals surface area contributed by atoms with E-state index in [1.807, 2.05) is 0 Å². The Hall–Kier alpha value is -1.13. The van der Waals surface area contributed by atoms with E-state index in [-0.39, 0.29) is 30.1 Å². The van der Waals surface area contributed by atoms with E-state index in [0.717, 1.165) is 25.7 Å². The Morgan fingerprint density at radius 2 is 2.06 bits per heavy atom. The zero-order valence-corrected chi connectivity index (χ0v) is 10.4. The number of hydrogen-bond donors (Lipinski definition) is 3. The van der Waals surface area contributed by atoms with Gasteiger partial charge in [0, 0.05) is 24.8 Å². The van der Waals surface area contributed by atoms with Crippen LogP contribution in [0.25, 0.3) is 0 Å². The molecule has 0 bridgehead atoms. The molecule has 1 aromatic carbocycles. The zero-order chi connectivity index (χ0) is 13.0. The maximum atomic E-state index is 13.1. The second kappa shape index (κ2) is 6.16. The lowest BCUT2D eigenvalue weighted by Crippen LogP contribution is -2.39. The van der Waals surface area contributed by atoms with Gasteiger partial charge in [0.25, 0.3) is 0 Å². The van der Waals surface area contributed by atoms with Crippen LogP contribution in [0.2, 0.25) is 0 Å². The summed E-state index contributed by atoms with van der Waals surface area (Å²) in [4.78, 5) is 0. The van der Waals surface area contributed by atoms with Crippen LogP contribution in [0.15, 0.2) is 18.2 Å². The predicted molar refractivity (Wildman–Crippen MR) is 67.7 cm³/mol. The molecular formula is C14H20FNO2. The molecule has 0 radical (unpaired) electrons. The molecule has 0 heterocycles. The van der Waals surface area contributed by atoms with E-state index < -0.39 is 0 Å². The topological polar surface area (TPSA) is 52.5 Å². The third-order valence-electron chi connectivity index (χ3n) is 3.74. The highest BCUT2D eigenvalue weighted by Crippen LogP contribution is 2.25. The minimum absolute atomic E-state index is 0.111. The summed E-state index contributed by atoms with van der Waals surface area (Å²) in [5, 5.41) is 22.3. The van der Waals surface area contributed by atoms with Gasteiger partial charge in [0.15, 0.2) is 0 Å². The molecule has 3 nitrogen and oxygen atoms in total. The lowest BCUT2D eigenvalue weighted by atomic mass is 9.85. The van der Waals surface area contributed by atoms with Crippen LogP contribution in [-0.4, -0.2) is 22.9 Å². The molecule has 1 fully saturated rings. The first-order valence-corrected chi connectivity index (χ1v) is 6.52. The van der Waals surface area contributed by atoms with E-state index in [0.29, 0.717) is 12.1 Å². The van der Waals surface area contributed by atoms with Gasteiger partial charge >= 0.3 is 0 Å². The average Bonchev–Trinajstić information content (AvgIpc) is 2.40. The quantitative estimate of drug-likeness (QED) is 0.771. The second-order valence-electron chi connectivity index (χ2n) is 4.99. The van der Waals surface area contributed by atoms with Crippen molar-refractivity contribution in [2.24, 2.45) is 5.92 Å². The molecule has 1 aliphatic rings. The normalized spacial score (nSPS) is 24.1. The molecule has 0 aromatic heterocycles. The van der Waals surface area contributed by atoms with Crippen LogP contribution in [-0.2, 0) is 6.54 Å². The molecule has 1 aliphatic carbocycles. The van der Waals surface area contributed by atoms with Crippen LogP contribution >= 0.6 is 0 Å². The SMILES string of the molecule is OCC1CCCCC1NCc1cc(F)ccc1O. The van der Waals surface area contributed by atoms with Crippen molar-refractivity contribution in [2.45, 2.75) is 38.3 Å². The van der Waals surface area contributed by atoms with Gasteiger partial charge in [0.05, 0.1) is 0 Å². The van der Waals surface area contributed by atoms with Crippen LogP contribution in [0.4, 0.5) is 4.39 Å². The van der Waals surface area contributed by atoms with E-state index in [4.69, 9.17) is 0 Å². The number of halogens is 1. The Labute approximate surface area is 107 Å². The molecule has 2 rings (SSSR count). The van der Waals surface area contributed by atoms with Gasteiger partial charge in [-0.2, -0.15) is 0 Å². The summed E-state index contributed by atoms with van der Waals surface area (Å²) in [6.45, 7) is 0.623. The minimum atomic E-state index is -0.341. The van der Waals surface area contributed by atoms with Gasteiger partial charge in [0.2, 0.25) is 0 Å². The average molecular weight is 253 g/mol. The van der Waals surface area contributed by atoms with Crippen LogP contribution < -0.4 is 5.32 Å². The number of aromatic hydroxyl groups is 1. The highest BCUT2D eigenvalue weighted by atomic mass is 19.1. The standard InChI is InChI=1S/C14H20FNO2/c15-12-5-6-14(18)11(7-12)8-16-13-4-2-1-3-10(13)9-17/h5-7,10,13,16-18H,1-4,8-9H2. The fourth-order valence-electron chi connectivity index (χ4n) is 2.63. The number of rotatable bonds is 4. The summed E-state index contributed by atoms with van der Waals surface area (Å²) in [5.74, 6) is 0.0432. The fourth-order valence-corrected chi connectivity index (χ4v) is 2.63. The molecule has 0 amide bonds. The summed E-state index contributed by atoms with van der Waals surface area (Å²) >= 11 is 0. The maximum Gasteiger partial charge on any atom is 0.123 e. The monoisotopic (exact) mass is 253 g/mol. The van der Waals surface area contributed by atoms with Crippen molar-refractivity contribution in [3.05, 3.63) is 29.6 Å². The molecular weight excluding hydrogens is 233 g/mol. The molecule has 2 atom stereocenters. The van der Waals surface area contributed by atoms with Gasteiger partial charge in [-0.05, 0) is 37.0 Å². The number of phenols is 1. The van der Waals surface area contributed by atoms with Gasteiger partial charge in [-0.3, -0.25) is 0 Å². The van der Waals surface area contributed by atoms with Gasteiger partial charge in [-0.15, -0.1) is 0 Å². The molecule has 0 saturated heterocycles. The predicted octanol–water partition coefficient (Wildman–Crippen LogP) is 2.17. The number of nitrogens with one attached hydrogen (secondary N) is 1. The van der Waals surface area contributed by atoms with Gasteiger partial charge in [-0.25, -0.2) is 4.39 Å². The summed E-state index contributed by atoms with van der Waals surface area (Å²) < 4.78 is 13.1. The molecule has 0 aliphatic heterocycles. The Morgan fingerprint density at radius 1 is 1.28 bits per heavy atom. The Morgan fingerprint density at radius 3 is 2.83 bits per heavy atom. The number of phenolic OH excluding ortho intramolecular Hbond substituents is 1. The van der Waals surface area contributed by atoms with Gasteiger partial charge in [-0.1, -0.05) is 12.8 Å². The maximum absolute atomic E-state index is 13.1. The fraction of sp³-hybridized carbons (Fsp3) is 0.571. The van der Waals surface area contributed by atoms with Crippen molar-refractivity contribution < 1.29 is 14.6 Å². The van der Waals surface area contributed by atoms with Gasteiger partial charge in [0.1, 0.15) is 11.6 Å². The first-order chi connectivity index (χ1) is 8.70. The first kappa shape index (κ1) is 13.3. The lowest BCUT2D eigenvalue weighted by Gasteiger charge is -2.31. The number of aliphatic hydroxyl groups excluding tert-OH is 1. The smallest absolute Gasteiger partial charge is 0.123 e. The Bertz CT molecular complexity index is 397. The van der Waals surface area contributed by atoms with E-state index in [9.17, 15) is 14.6 Å². The summed E-state index contributed by atoms with van der Waals surface area (Å²) in [7, 11) is 0. The van der Waals surface area contributed by atoms with Gasteiger partial charge < -0.3 is 15.5 Å². The molecule has 1 aromatic rings. The van der Waals surface area contributed by atoms with Crippen molar-refractivity contribution in [3.8, 4) is 5.75 Å². The third kappa shape index (κ3) is 3.21. The zero-order valence-electron chi connectivity index (χ0n) is 10.4. The summed E-state index contributed by atoms with van der Waals surface area (Å²) in [6.07, 6.45) is 4.38. The van der Waals surface area contributed by atoms with E-state index in [1.165, 1.54) is 18.2 Å². The van der Waals surface area contributed by atoms with Crippen LogP contribution in [0.5, 0.6) is 5.75 Å². The third-order valence-corrected chi connectivity index (χ3v) is 3.74. The Kier molecular flexibility index (Phi) is 4.55. The van der Waals surface area contributed by atoms with Crippen LogP contribution in [0.3, 0.4) is 0 Å². The molecule has 1 saturated carbocycles. The largest absolute Gasteiger partial charge is 0.508 e. The lowest BCUT2D eigenvalue weighted by molar-refractivity contribution is 0.152. The molecule has 100 valence electrons. The van der Waals surface area contributed by atoms with E-state index in [1.54, 1.807) is 0 Å². The second-order valence-corrected chi connectivity index (χ2v) is 4.99. The molecule has 2 unspecified atom stereocenters. The minimum Gasteiger partial charge on any atom is -0.508 e. The van der Waals surface area contributed by atoms with Crippen molar-refractivity contribution in [1.29, 1.82) is 0 Å². The van der Waals surface area contributed by atoms with Crippen molar-refractivity contribution in [3.63, 3.8) is 0 Å². The molecule has 0 spiro atoms. The molecule has 3 N–H and O–H groups in total. The van der Waals surface area contributed by atoms with Crippen LogP contribution in [0, 0.1) is 11.7 Å². The summed E-state index contributed by atoms with van der Waals surface area (Å²) in [5.41, 5.74) is 0.567. The number of benzene rings is 1. The number of hydrogen-bond acceptors (Lipinski definition) is 3. The van der Waals surface area contributed by atoms with Crippen molar-refractivity contribution >= 4 is 0 Å². The van der Waals surface area contributed by atoms with E-state index >= 15 is 0 Å². The van der Waals surface area contributed by atoms with E-state index in [2.05, 4.69) is 5.32 Å². The summed E-state index contributed by atoms with van der Waals surface area (Å²) in [6, 6.07) is 4.22. The first-order valence-electron chi connectivity index (χ1n) is 6.52. The van der Waals surface area contributed by atoms with Crippen LogP contribution in [0.1, 0.15) is 31.2 Å². The number of aliphatic hydroxyl groups is 1. The highest BCUT2D eigenvalue weighted by Gasteiger charge is 2.23. The highest BCUT2D eigenvalue weighted by molar-refractivity contribution is 5.32. The van der Waals surface area contributed by atoms with Crippen molar-refractivity contribution in [1.82, 2.24) is 5.32 Å².